The van der Waals surface area contributed by atoms with Crippen molar-refractivity contribution >= 4 is 22.6 Å². The van der Waals surface area contributed by atoms with Crippen LogP contribution in [0.3, 0.4) is 0 Å². The Labute approximate surface area is 195 Å². The number of aromatic amines is 1. The lowest BCUT2D eigenvalue weighted by molar-refractivity contribution is 0.0650. The highest BCUT2D eigenvalue weighted by atomic mass is 16.2. The molecule has 34 heavy (non-hydrogen) atoms. The van der Waals surface area contributed by atoms with Gasteiger partial charge in [-0.1, -0.05) is 48.5 Å². The molecule has 1 N–H and O–H groups in total. The fourth-order valence-electron chi connectivity index (χ4n) is 4.53. The summed E-state index contributed by atoms with van der Waals surface area (Å²) in [6.07, 6.45) is 1.21. The van der Waals surface area contributed by atoms with Crippen molar-refractivity contribution in [2.45, 2.75) is 12.8 Å². The second-order valence-electron chi connectivity index (χ2n) is 8.46. The number of benzene rings is 3. The summed E-state index contributed by atoms with van der Waals surface area (Å²) in [5.41, 5.74) is 0.892. The molecule has 4 aromatic rings. The Morgan fingerprint density at radius 1 is 0.794 bits per heavy atom. The van der Waals surface area contributed by atoms with Crippen LogP contribution in [0.25, 0.3) is 16.6 Å². The van der Waals surface area contributed by atoms with Crippen molar-refractivity contribution in [2.24, 2.45) is 5.92 Å². The number of nitrogens with zero attached hydrogens (tertiary/aromatic N) is 2. The smallest absolute Gasteiger partial charge is 0.333 e. The molecule has 1 aliphatic rings. The molecule has 0 atom stereocenters. The Hall–Kier alpha value is -4.26. The number of carbonyl (C=O) groups excluding carboxylic acids is 2. The highest BCUT2D eigenvalue weighted by Gasteiger charge is 2.28. The largest absolute Gasteiger partial charge is 0.339 e. The van der Waals surface area contributed by atoms with Crippen LogP contribution < -0.4 is 11.2 Å². The van der Waals surface area contributed by atoms with Crippen molar-refractivity contribution in [1.82, 2.24) is 14.5 Å². The Morgan fingerprint density at radius 2 is 1.44 bits per heavy atom. The van der Waals surface area contributed by atoms with Gasteiger partial charge in [-0.3, -0.25) is 14.4 Å². The van der Waals surface area contributed by atoms with Gasteiger partial charge >= 0.3 is 5.69 Å². The zero-order valence-electron chi connectivity index (χ0n) is 18.4. The summed E-state index contributed by atoms with van der Waals surface area (Å²) >= 11 is 0. The summed E-state index contributed by atoms with van der Waals surface area (Å²) in [5.74, 6) is -0.165. The first-order valence-corrected chi connectivity index (χ1v) is 11.3. The van der Waals surface area contributed by atoms with E-state index >= 15 is 0 Å². The molecule has 0 aliphatic carbocycles. The molecule has 170 valence electrons. The molecular weight excluding hydrogens is 430 g/mol. The fraction of sp³-hybridized carbons (Fsp3) is 0.185. The van der Waals surface area contributed by atoms with E-state index in [2.05, 4.69) is 4.98 Å². The van der Waals surface area contributed by atoms with Crippen LogP contribution in [-0.2, 0) is 0 Å². The number of amides is 1. The van der Waals surface area contributed by atoms with E-state index in [0.717, 1.165) is 4.57 Å². The molecule has 1 amide bonds. The van der Waals surface area contributed by atoms with Crippen LogP contribution in [0.5, 0.6) is 0 Å². The second-order valence-corrected chi connectivity index (χ2v) is 8.46. The summed E-state index contributed by atoms with van der Waals surface area (Å²) in [7, 11) is 0. The number of para-hydroxylation sites is 1. The molecule has 1 fully saturated rings. The third-order valence-corrected chi connectivity index (χ3v) is 6.37. The van der Waals surface area contributed by atoms with Gasteiger partial charge in [0.2, 0.25) is 0 Å². The van der Waals surface area contributed by atoms with Gasteiger partial charge < -0.3 is 9.88 Å². The van der Waals surface area contributed by atoms with E-state index in [1.54, 1.807) is 47.4 Å². The topological polar surface area (TPSA) is 92.2 Å². The van der Waals surface area contributed by atoms with Crippen LogP contribution >= 0.6 is 0 Å². The van der Waals surface area contributed by atoms with Crippen molar-refractivity contribution in [3.63, 3.8) is 0 Å². The van der Waals surface area contributed by atoms with Crippen LogP contribution in [0.2, 0.25) is 0 Å². The Morgan fingerprint density at radius 3 is 2.12 bits per heavy atom. The fourth-order valence-corrected chi connectivity index (χ4v) is 4.53. The Balaban J connectivity index is 1.36. The van der Waals surface area contributed by atoms with Crippen molar-refractivity contribution < 1.29 is 9.59 Å². The van der Waals surface area contributed by atoms with Gasteiger partial charge in [-0.2, -0.15) is 0 Å². The minimum atomic E-state index is -0.562. The molecule has 3 aromatic carbocycles. The Bertz CT molecular complexity index is 1480. The number of nitrogens with one attached hydrogen (secondary N) is 1. The van der Waals surface area contributed by atoms with E-state index in [4.69, 9.17) is 0 Å². The predicted molar refractivity (Wildman–Crippen MR) is 130 cm³/mol. The van der Waals surface area contributed by atoms with E-state index in [-0.39, 0.29) is 17.6 Å². The third kappa shape index (κ3) is 3.96. The lowest BCUT2D eigenvalue weighted by Crippen LogP contribution is -2.40. The number of fused-ring (bicyclic) bond motifs is 1. The van der Waals surface area contributed by atoms with Crippen LogP contribution in [0.4, 0.5) is 0 Å². The number of carbonyl (C=O) groups is 2. The molecule has 0 bridgehead atoms. The van der Waals surface area contributed by atoms with E-state index < -0.39 is 11.2 Å². The number of Topliss-reactive ketones (excluding diaryl/α,β-unsaturated/α-hetero) is 1. The van der Waals surface area contributed by atoms with Gasteiger partial charge in [0.05, 0.1) is 16.6 Å². The van der Waals surface area contributed by atoms with Gasteiger partial charge in [0.15, 0.2) is 5.78 Å². The van der Waals surface area contributed by atoms with Gasteiger partial charge in [-0.05, 0) is 43.2 Å². The molecule has 1 aromatic heterocycles. The van der Waals surface area contributed by atoms with Gasteiger partial charge in [-0.15, -0.1) is 0 Å². The molecule has 7 heteroatoms. The minimum absolute atomic E-state index is 0.101. The molecule has 1 saturated heterocycles. The standard InChI is InChI=1S/C27H23N3O4/c31-24(18-7-3-1-4-8-18)19-13-15-29(16-14-19)25(32)20-11-12-22-23(17-20)28-27(34)30(26(22)33)21-9-5-2-6-10-21/h1-12,17,19H,13-16H2,(H,28,34). The molecule has 0 saturated carbocycles. The highest BCUT2D eigenvalue weighted by molar-refractivity contribution is 5.99. The maximum Gasteiger partial charge on any atom is 0.333 e. The van der Waals surface area contributed by atoms with Crippen LogP contribution in [0.15, 0.2) is 88.5 Å². The summed E-state index contributed by atoms with van der Waals surface area (Å²) < 4.78 is 1.08. The van der Waals surface area contributed by atoms with E-state index in [1.165, 1.54) is 0 Å². The molecule has 1 aliphatic heterocycles. The maximum absolute atomic E-state index is 13.1. The summed E-state index contributed by atoms with van der Waals surface area (Å²) in [4.78, 5) is 55.9. The Kier molecular flexibility index (Phi) is 5.67. The number of rotatable bonds is 4. The summed E-state index contributed by atoms with van der Waals surface area (Å²) in [6, 6.07) is 22.7. The molecular formula is C27H23N3O4. The quantitative estimate of drug-likeness (QED) is 0.480. The number of piperidine rings is 1. The molecule has 0 radical (unpaired) electrons. The SMILES string of the molecule is O=C(c1ccccc1)C1CCN(C(=O)c2ccc3c(=O)n(-c4ccccc4)c(=O)[nH]c3c2)CC1. The van der Waals surface area contributed by atoms with Gasteiger partial charge in [0, 0.05) is 30.1 Å². The minimum Gasteiger partial charge on any atom is -0.339 e. The zero-order valence-corrected chi connectivity index (χ0v) is 18.4. The number of H-pyrrole nitrogens is 1. The molecule has 5 rings (SSSR count). The van der Waals surface area contributed by atoms with Crippen LogP contribution in [0.1, 0.15) is 33.6 Å². The van der Waals surface area contributed by atoms with Gasteiger partial charge in [-0.25, -0.2) is 9.36 Å². The van der Waals surface area contributed by atoms with Crippen molar-refractivity contribution in [1.29, 1.82) is 0 Å². The van der Waals surface area contributed by atoms with E-state index in [1.807, 2.05) is 36.4 Å². The van der Waals surface area contributed by atoms with E-state index in [0.29, 0.717) is 53.6 Å². The van der Waals surface area contributed by atoms with E-state index in [9.17, 15) is 19.2 Å². The van der Waals surface area contributed by atoms with Crippen LogP contribution in [0, 0.1) is 5.92 Å². The van der Waals surface area contributed by atoms with Crippen molar-refractivity contribution in [3.8, 4) is 5.69 Å². The lowest BCUT2D eigenvalue weighted by atomic mass is 9.88. The monoisotopic (exact) mass is 453 g/mol. The molecule has 7 nitrogen and oxygen atoms in total. The highest BCUT2D eigenvalue weighted by Crippen LogP contribution is 2.23. The van der Waals surface area contributed by atoms with Gasteiger partial charge in [0.25, 0.3) is 11.5 Å². The number of aromatic nitrogens is 2. The number of ketones is 1. The summed E-state index contributed by atoms with van der Waals surface area (Å²) in [6.45, 7) is 0.957. The first kappa shape index (κ1) is 21.6. The second kappa shape index (κ2) is 8.94. The number of likely N-dealkylation sites (tertiary alicyclic amines) is 1. The first-order valence-electron chi connectivity index (χ1n) is 11.3. The van der Waals surface area contributed by atoms with Crippen LogP contribution in [-0.4, -0.2) is 39.2 Å². The average Bonchev–Trinajstić information content (AvgIpc) is 2.89. The number of hydrogen-bond donors (Lipinski definition) is 1. The predicted octanol–water partition coefficient (Wildman–Crippen LogP) is 3.41. The molecule has 0 unspecified atom stereocenters. The van der Waals surface area contributed by atoms with Crippen molar-refractivity contribution in [2.75, 3.05) is 13.1 Å². The zero-order chi connectivity index (χ0) is 23.7. The lowest BCUT2D eigenvalue weighted by Gasteiger charge is -2.31. The normalized spacial score (nSPS) is 14.3. The third-order valence-electron chi connectivity index (χ3n) is 6.37. The average molecular weight is 453 g/mol. The summed E-state index contributed by atoms with van der Waals surface area (Å²) in [5, 5.41) is 0.326. The van der Waals surface area contributed by atoms with Gasteiger partial charge in [0.1, 0.15) is 0 Å². The molecule has 2 heterocycles. The number of hydrogen-bond acceptors (Lipinski definition) is 4. The molecule has 0 spiro atoms. The first-order chi connectivity index (χ1) is 16.5. The maximum atomic E-state index is 13.1. The van der Waals surface area contributed by atoms with Crippen molar-refractivity contribution in [3.05, 3.63) is 111 Å².